The van der Waals surface area contributed by atoms with Crippen molar-refractivity contribution in [2.24, 2.45) is 0 Å². The van der Waals surface area contributed by atoms with Gasteiger partial charge in [-0.05, 0) is 26.7 Å². The van der Waals surface area contributed by atoms with Crippen molar-refractivity contribution in [2.75, 3.05) is 26.3 Å². The van der Waals surface area contributed by atoms with Gasteiger partial charge in [-0.15, -0.1) is 0 Å². The molecule has 0 aromatic heterocycles. The zero-order valence-corrected chi connectivity index (χ0v) is 11.2. The Bertz CT molecular complexity index is 205. The maximum Gasteiger partial charge on any atom is 0.0594 e. The van der Waals surface area contributed by atoms with Crippen LogP contribution >= 0.6 is 0 Å². The molecule has 2 heteroatoms. The molecule has 1 aliphatic heterocycles. The van der Waals surface area contributed by atoms with Crippen LogP contribution in [-0.4, -0.2) is 36.7 Å². The van der Waals surface area contributed by atoms with Gasteiger partial charge in [-0.2, -0.15) is 0 Å². The molecule has 1 fully saturated rings. The highest BCUT2D eigenvalue weighted by Gasteiger charge is 2.24. The summed E-state index contributed by atoms with van der Waals surface area (Å²) in [6.45, 7) is 10.7. The van der Waals surface area contributed by atoms with Crippen LogP contribution in [0.25, 0.3) is 0 Å². The summed E-state index contributed by atoms with van der Waals surface area (Å²) in [6.07, 6.45) is 9.93. The van der Waals surface area contributed by atoms with E-state index >= 15 is 0 Å². The second-order valence-corrected chi connectivity index (χ2v) is 5.15. The molecule has 0 amide bonds. The minimum Gasteiger partial charge on any atom is -0.379 e. The van der Waals surface area contributed by atoms with E-state index < -0.39 is 0 Å². The molecule has 0 N–H and O–H groups in total. The van der Waals surface area contributed by atoms with Crippen LogP contribution in [0.1, 0.15) is 46.5 Å². The van der Waals surface area contributed by atoms with Crippen LogP contribution in [0.4, 0.5) is 0 Å². The highest BCUT2D eigenvalue weighted by Crippen LogP contribution is 2.18. The molecule has 1 rings (SSSR count). The Kier molecular flexibility index (Phi) is 6.07. The fourth-order valence-electron chi connectivity index (χ4n) is 2.13. The smallest absolute Gasteiger partial charge is 0.0594 e. The van der Waals surface area contributed by atoms with Crippen molar-refractivity contribution in [3.8, 4) is 0 Å². The number of rotatable bonds is 6. The summed E-state index contributed by atoms with van der Waals surface area (Å²) in [5.41, 5.74) is 0.190. The van der Waals surface area contributed by atoms with Gasteiger partial charge in [0.05, 0.1) is 13.2 Å². The van der Waals surface area contributed by atoms with E-state index in [0.29, 0.717) is 0 Å². The van der Waals surface area contributed by atoms with Crippen LogP contribution in [0.3, 0.4) is 0 Å². The summed E-state index contributed by atoms with van der Waals surface area (Å²) in [7, 11) is 0. The van der Waals surface area contributed by atoms with E-state index in [9.17, 15) is 0 Å². The molecule has 16 heavy (non-hydrogen) atoms. The maximum absolute atomic E-state index is 5.39. The van der Waals surface area contributed by atoms with Crippen molar-refractivity contribution < 1.29 is 4.74 Å². The first-order chi connectivity index (χ1) is 7.67. The molecule has 0 aliphatic carbocycles. The Balaban J connectivity index is 2.31. The van der Waals surface area contributed by atoms with E-state index in [-0.39, 0.29) is 5.54 Å². The average molecular weight is 225 g/mol. The monoisotopic (exact) mass is 225 g/mol. The molecule has 2 nitrogen and oxygen atoms in total. The summed E-state index contributed by atoms with van der Waals surface area (Å²) in [6, 6.07) is 0. The molecule has 1 aliphatic rings. The van der Waals surface area contributed by atoms with Crippen LogP contribution in [0.5, 0.6) is 0 Å². The van der Waals surface area contributed by atoms with Gasteiger partial charge >= 0.3 is 0 Å². The molecule has 1 heterocycles. The lowest BCUT2D eigenvalue weighted by Crippen LogP contribution is -2.48. The van der Waals surface area contributed by atoms with Crippen LogP contribution in [0.15, 0.2) is 12.2 Å². The number of hydrogen-bond donors (Lipinski definition) is 0. The minimum absolute atomic E-state index is 0.190. The van der Waals surface area contributed by atoms with Crippen molar-refractivity contribution in [3.05, 3.63) is 12.2 Å². The number of hydrogen-bond acceptors (Lipinski definition) is 2. The third-order valence-electron chi connectivity index (χ3n) is 3.33. The zero-order valence-electron chi connectivity index (χ0n) is 11.2. The van der Waals surface area contributed by atoms with Crippen molar-refractivity contribution in [2.45, 2.75) is 52.0 Å². The standard InChI is InChI=1S/C14H27NO/c1-4-5-6-7-8-9-14(2,3)15-10-12-16-13-11-15/h8-9H,4-7,10-13H2,1-3H3/b9-8+. The second-order valence-electron chi connectivity index (χ2n) is 5.15. The van der Waals surface area contributed by atoms with E-state index in [4.69, 9.17) is 4.74 Å². The summed E-state index contributed by atoms with van der Waals surface area (Å²) in [4.78, 5) is 2.51. The van der Waals surface area contributed by atoms with Gasteiger partial charge in [0.25, 0.3) is 0 Å². The summed E-state index contributed by atoms with van der Waals surface area (Å²) in [5.74, 6) is 0. The Labute approximate surface area is 101 Å². The van der Waals surface area contributed by atoms with E-state index in [1.165, 1.54) is 25.7 Å². The van der Waals surface area contributed by atoms with Gasteiger partial charge in [-0.1, -0.05) is 31.9 Å². The predicted molar refractivity (Wildman–Crippen MR) is 69.8 cm³/mol. The summed E-state index contributed by atoms with van der Waals surface area (Å²) in [5, 5.41) is 0. The van der Waals surface area contributed by atoms with Crippen molar-refractivity contribution in [1.29, 1.82) is 0 Å². The zero-order chi connectivity index (χ0) is 11.9. The third kappa shape index (κ3) is 4.67. The van der Waals surface area contributed by atoms with Crippen molar-refractivity contribution >= 4 is 0 Å². The number of unbranched alkanes of at least 4 members (excludes halogenated alkanes) is 3. The number of ether oxygens (including phenoxy) is 1. The lowest BCUT2D eigenvalue weighted by molar-refractivity contribution is 0.00468. The fraction of sp³-hybridized carbons (Fsp3) is 0.857. The minimum atomic E-state index is 0.190. The van der Waals surface area contributed by atoms with Gasteiger partial charge in [0.2, 0.25) is 0 Å². The summed E-state index contributed by atoms with van der Waals surface area (Å²) < 4.78 is 5.39. The molecule has 0 aromatic carbocycles. The molecule has 0 atom stereocenters. The lowest BCUT2D eigenvalue weighted by Gasteiger charge is -2.38. The van der Waals surface area contributed by atoms with Gasteiger partial charge in [0.1, 0.15) is 0 Å². The normalized spacial score (nSPS) is 19.4. The van der Waals surface area contributed by atoms with Gasteiger partial charge in [-0.3, -0.25) is 4.90 Å². The number of nitrogens with zero attached hydrogens (tertiary/aromatic N) is 1. The van der Waals surface area contributed by atoms with Gasteiger partial charge < -0.3 is 4.74 Å². The highest BCUT2D eigenvalue weighted by molar-refractivity contribution is 5.02. The number of allylic oxidation sites excluding steroid dienone is 1. The van der Waals surface area contributed by atoms with Crippen LogP contribution in [0.2, 0.25) is 0 Å². The first-order valence-corrected chi connectivity index (χ1v) is 6.67. The fourth-order valence-corrected chi connectivity index (χ4v) is 2.13. The Morgan fingerprint density at radius 3 is 2.50 bits per heavy atom. The predicted octanol–water partition coefficient (Wildman–Crippen LogP) is 3.23. The van der Waals surface area contributed by atoms with E-state index in [1.54, 1.807) is 0 Å². The summed E-state index contributed by atoms with van der Waals surface area (Å²) >= 11 is 0. The molecule has 0 unspecified atom stereocenters. The van der Waals surface area contributed by atoms with Crippen molar-refractivity contribution in [1.82, 2.24) is 4.90 Å². The topological polar surface area (TPSA) is 12.5 Å². The molecular formula is C14H27NO. The molecule has 1 saturated heterocycles. The first kappa shape index (κ1) is 13.7. The van der Waals surface area contributed by atoms with Crippen molar-refractivity contribution in [3.63, 3.8) is 0 Å². The van der Waals surface area contributed by atoms with Crippen LogP contribution in [0, 0.1) is 0 Å². The Morgan fingerprint density at radius 2 is 1.88 bits per heavy atom. The Hall–Kier alpha value is -0.340. The number of morpholine rings is 1. The van der Waals surface area contributed by atoms with Gasteiger partial charge in [-0.25, -0.2) is 0 Å². The van der Waals surface area contributed by atoms with E-state index in [2.05, 4.69) is 37.8 Å². The molecule has 0 radical (unpaired) electrons. The molecule has 0 spiro atoms. The lowest BCUT2D eigenvalue weighted by atomic mass is 10.0. The molecular weight excluding hydrogens is 198 g/mol. The SMILES string of the molecule is CCCCC/C=C/C(C)(C)N1CCOCC1. The maximum atomic E-state index is 5.39. The largest absolute Gasteiger partial charge is 0.379 e. The molecule has 0 bridgehead atoms. The molecule has 94 valence electrons. The average Bonchev–Trinajstić information content (AvgIpc) is 2.30. The third-order valence-corrected chi connectivity index (χ3v) is 3.33. The molecule has 0 aromatic rings. The Morgan fingerprint density at radius 1 is 1.19 bits per heavy atom. The van der Waals surface area contributed by atoms with E-state index in [0.717, 1.165) is 26.3 Å². The molecule has 0 saturated carbocycles. The van der Waals surface area contributed by atoms with Gasteiger partial charge in [0.15, 0.2) is 0 Å². The quantitative estimate of drug-likeness (QED) is 0.508. The second kappa shape index (κ2) is 7.08. The van der Waals surface area contributed by atoms with Crippen LogP contribution < -0.4 is 0 Å². The van der Waals surface area contributed by atoms with Crippen LogP contribution in [-0.2, 0) is 4.74 Å². The first-order valence-electron chi connectivity index (χ1n) is 6.67. The van der Waals surface area contributed by atoms with Gasteiger partial charge in [0, 0.05) is 18.6 Å². The highest BCUT2D eigenvalue weighted by atomic mass is 16.5. The van der Waals surface area contributed by atoms with E-state index in [1.807, 2.05) is 0 Å².